The second kappa shape index (κ2) is 4.87. The Morgan fingerprint density at radius 3 is 2.50 bits per heavy atom. The molecule has 0 radical (unpaired) electrons. The van der Waals surface area contributed by atoms with E-state index in [2.05, 4.69) is 9.72 Å². The number of hydrogen-bond acceptors (Lipinski definition) is 4. The van der Waals surface area contributed by atoms with Crippen LogP contribution in [0.3, 0.4) is 0 Å². The number of rotatable bonds is 3. The molecule has 1 heterocycles. The molecule has 1 aromatic heterocycles. The number of carbonyl (C=O) groups is 1. The number of aryl methyl sites for hydroxylation is 1. The molecule has 1 rings (SSSR count). The fourth-order valence-corrected chi connectivity index (χ4v) is 1.31. The Morgan fingerprint density at radius 2 is 2.06 bits per heavy atom. The lowest BCUT2D eigenvalue weighted by Gasteiger charge is -2.11. The number of aromatic nitrogens is 1. The van der Waals surface area contributed by atoms with E-state index in [1.54, 1.807) is 0 Å². The molecule has 0 unspecified atom stereocenters. The van der Waals surface area contributed by atoms with Crippen molar-refractivity contribution in [1.82, 2.24) is 4.98 Å². The highest BCUT2D eigenvalue weighted by Crippen LogP contribution is 2.31. The highest BCUT2D eigenvalue weighted by molar-refractivity contribution is 5.92. The lowest BCUT2D eigenvalue weighted by atomic mass is 10.1. The first-order valence-corrected chi connectivity index (χ1v) is 4.43. The Morgan fingerprint density at radius 1 is 1.44 bits per heavy atom. The number of carbonyl (C=O) groups excluding carboxylic acids is 1. The van der Waals surface area contributed by atoms with E-state index < -0.39 is 18.1 Å². The average molecular weight is 231 g/mol. The number of esters is 1. The molecule has 0 fully saturated rings. The molecule has 0 aliphatic heterocycles. The summed E-state index contributed by atoms with van der Waals surface area (Å²) in [6, 6.07) is 1.34. The van der Waals surface area contributed by atoms with Gasteiger partial charge in [0.1, 0.15) is 11.3 Å². The van der Waals surface area contributed by atoms with Crippen LogP contribution in [-0.4, -0.2) is 25.2 Å². The van der Waals surface area contributed by atoms with Crippen LogP contribution in [0.25, 0.3) is 0 Å². The molecule has 88 valence electrons. The molecule has 0 amide bonds. The van der Waals surface area contributed by atoms with Gasteiger partial charge >= 0.3 is 5.97 Å². The molecule has 1 aromatic rings. The largest absolute Gasteiger partial charge is 0.494 e. The van der Waals surface area contributed by atoms with Crippen molar-refractivity contribution in [3.8, 4) is 5.75 Å². The Labute approximate surface area is 91.2 Å². The molecule has 0 saturated carbocycles. The summed E-state index contributed by atoms with van der Waals surface area (Å²) in [5, 5.41) is 0. The summed E-state index contributed by atoms with van der Waals surface area (Å²) < 4.78 is 34.5. The van der Waals surface area contributed by atoms with Gasteiger partial charge in [0, 0.05) is 5.69 Å². The fourth-order valence-electron chi connectivity index (χ4n) is 1.31. The number of methoxy groups -OCH3 is 2. The van der Waals surface area contributed by atoms with Crippen LogP contribution in [0.4, 0.5) is 8.78 Å². The number of ether oxygens (including phenoxy) is 2. The third kappa shape index (κ3) is 2.26. The normalized spacial score (nSPS) is 10.4. The number of alkyl halides is 2. The molecule has 16 heavy (non-hydrogen) atoms. The van der Waals surface area contributed by atoms with E-state index in [0.29, 0.717) is 5.69 Å². The SMILES string of the molecule is COC(=O)c1cc(C)nc(C(F)F)c1OC. The monoisotopic (exact) mass is 231 g/mol. The van der Waals surface area contributed by atoms with Crippen molar-refractivity contribution < 1.29 is 23.0 Å². The second-order valence-electron chi connectivity index (χ2n) is 3.02. The van der Waals surface area contributed by atoms with E-state index in [0.717, 1.165) is 0 Å². The molecule has 0 N–H and O–H groups in total. The van der Waals surface area contributed by atoms with Crippen molar-refractivity contribution in [1.29, 1.82) is 0 Å². The molecule has 6 heteroatoms. The summed E-state index contributed by atoms with van der Waals surface area (Å²) >= 11 is 0. The van der Waals surface area contributed by atoms with Gasteiger partial charge in [-0.1, -0.05) is 0 Å². The number of pyridine rings is 1. The maximum Gasteiger partial charge on any atom is 0.341 e. The highest BCUT2D eigenvalue weighted by Gasteiger charge is 2.23. The minimum Gasteiger partial charge on any atom is -0.494 e. The van der Waals surface area contributed by atoms with Crippen LogP contribution >= 0.6 is 0 Å². The van der Waals surface area contributed by atoms with Gasteiger partial charge in [-0.2, -0.15) is 0 Å². The van der Waals surface area contributed by atoms with Crippen molar-refractivity contribution in [2.45, 2.75) is 13.3 Å². The predicted molar refractivity (Wildman–Crippen MR) is 51.8 cm³/mol. The van der Waals surface area contributed by atoms with Crippen LogP contribution in [0.5, 0.6) is 5.75 Å². The summed E-state index contributed by atoms with van der Waals surface area (Å²) in [6.07, 6.45) is -2.81. The first-order valence-electron chi connectivity index (χ1n) is 4.43. The topological polar surface area (TPSA) is 48.4 Å². The van der Waals surface area contributed by atoms with Crippen molar-refractivity contribution >= 4 is 5.97 Å². The van der Waals surface area contributed by atoms with Crippen LogP contribution in [0, 0.1) is 6.92 Å². The van der Waals surface area contributed by atoms with Crippen molar-refractivity contribution in [2.24, 2.45) is 0 Å². The van der Waals surface area contributed by atoms with Gasteiger partial charge in [0.2, 0.25) is 0 Å². The lowest BCUT2D eigenvalue weighted by Crippen LogP contribution is -2.09. The predicted octanol–water partition coefficient (Wildman–Crippen LogP) is 2.12. The van der Waals surface area contributed by atoms with Crippen molar-refractivity contribution in [2.75, 3.05) is 14.2 Å². The van der Waals surface area contributed by atoms with Gasteiger partial charge in [0.05, 0.1) is 14.2 Å². The molecule has 0 bridgehead atoms. The molecule has 0 spiro atoms. The molecule has 0 aliphatic rings. The van der Waals surface area contributed by atoms with Crippen LogP contribution in [0.1, 0.15) is 28.2 Å². The minimum atomic E-state index is -2.81. The zero-order valence-electron chi connectivity index (χ0n) is 9.08. The van der Waals surface area contributed by atoms with Gasteiger partial charge in [-0.05, 0) is 13.0 Å². The highest BCUT2D eigenvalue weighted by atomic mass is 19.3. The molecular formula is C10H11F2NO3. The van der Waals surface area contributed by atoms with Gasteiger partial charge in [-0.25, -0.2) is 18.6 Å². The van der Waals surface area contributed by atoms with Gasteiger partial charge in [0.25, 0.3) is 6.43 Å². The van der Waals surface area contributed by atoms with Crippen LogP contribution < -0.4 is 4.74 Å². The summed E-state index contributed by atoms with van der Waals surface area (Å²) in [4.78, 5) is 15.0. The first kappa shape index (κ1) is 12.4. The second-order valence-corrected chi connectivity index (χ2v) is 3.02. The quantitative estimate of drug-likeness (QED) is 0.747. The van der Waals surface area contributed by atoms with Crippen molar-refractivity contribution in [3.63, 3.8) is 0 Å². The molecule has 0 aliphatic carbocycles. The third-order valence-electron chi connectivity index (χ3n) is 1.94. The molecule has 0 aromatic carbocycles. The maximum atomic E-state index is 12.6. The third-order valence-corrected chi connectivity index (χ3v) is 1.94. The molecule has 4 nitrogen and oxygen atoms in total. The minimum absolute atomic E-state index is 0.0483. The Bertz CT molecular complexity index is 407. The maximum absolute atomic E-state index is 12.6. The zero-order valence-corrected chi connectivity index (χ0v) is 9.08. The van der Waals surface area contributed by atoms with Gasteiger partial charge in [-0.15, -0.1) is 0 Å². The van der Waals surface area contributed by atoms with Crippen LogP contribution in [0.2, 0.25) is 0 Å². The van der Waals surface area contributed by atoms with E-state index in [1.807, 2.05) is 0 Å². The van der Waals surface area contributed by atoms with Gasteiger partial charge in [-0.3, -0.25) is 0 Å². The molecule has 0 atom stereocenters. The number of hydrogen-bond donors (Lipinski definition) is 0. The smallest absolute Gasteiger partial charge is 0.341 e. The standard InChI is InChI=1S/C10H11F2NO3/c1-5-4-6(10(14)16-3)8(15-2)7(13-5)9(11)12/h4,9H,1-3H3. The zero-order chi connectivity index (χ0) is 12.3. The summed E-state index contributed by atoms with van der Waals surface area (Å²) in [6.45, 7) is 1.51. The Kier molecular flexibility index (Phi) is 3.76. The Hall–Kier alpha value is -1.72. The van der Waals surface area contributed by atoms with E-state index in [9.17, 15) is 13.6 Å². The van der Waals surface area contributed by atoms with Crippen LogP contribution in [-0.2, 0) is 4.74 Å². The van der Waals surface area contributed by atoms with E-state index >= 15 is 0 Å². The fraction of sp³-hybridized carbons (Fsp3) is 0.400. The van der Waals surface area contributed by atoms with Gasteiger partial charge < -0.3 is 9.47 Å². The van der Waals surface area contributed by atoms with E-state index in [-0.39, 0.29) is 11.3 Å². The summed E-state index contributed by atoms with van der Waals surface area (Å²) in [5.41, 5.74) is -0.299. The molecular weight excluding hydrogens is 220 g/mol. The van der Waals surface area contributed by atoms with E-state index in [4.69, 9.17) is 4.74 Å². The molecule has 0 saturated heterocycles. The number of nitrogens with zero attached hydrogens (tertiary/aromatic N) is 1. The van der Waals surface area contributed by atoms with Gasteiger partial charge in [0.15, 0.2) is 5.75 Å². The number of halogens is 2. The van der Waals surface area contributed by atoms with Crippen LogP contribution in [0.15, 0.2) is 6.07 Å². The summed E-state index contributed by atoms with van der Waals surface area (Å²) in [5.74, 6) is -0.975. The average Bonchev–Trinajstić information content (AvgIpc) is 2.26. The Balaban J connectivity index is 3.41. The van der Waals surface area contributed by atoms with E-state index in [1.165, 1.54) is 27.2 Å². The lowest BCUT2D eigenvalue weighted by molar-refractivity contribution is 0.0595. The summed E-state index contributed by atoms with van der Waals surface area (Å²) in [7, 11) is 2.37. The first-order chi connectivity index (χ1) is 7.51. The van der Waals surface area contributed by atoms with Crippen molar-refractivity contribution in [3.05, 3.63) is 23.0 Å².